The zero-order valence-corrected chi connectivity index (χ0v) is 12.0. The van der Waals surface area contributed by atoms with Gasteiger partial charge < -0.3 is 14.8 Å². The Labute approximate surface area is 123 Å². The summed E-state index contributed by atoms with van der Waals surface area (Å²) in [6.45, 7) is 3.66. The van der Waals surface area contributed by atoms with Crippen molar-refractivity contribution in [3.63, 3.8) is 0 Å². The molecule has 116 valence electrons. The number of hydrogen-bond donors (Lipinski definition) is 3. The van der Waals surface area contributed by atoms with Crippen LogP contribution >= 0.6 is 0 Å². The number of imide groups is 1. The predicted octanol–water partition coefficient (Wildman–Crippen LogP) is 0.308. The molecule has 0 saturated carbocycles. The SMILES string of the molecule is CC1CN(CC(=O)NC(=O)NCc2ccco2)CCC1O. The third-order valence-electron chi connectivity index (χ3n) is 3.57. The quantitative estimate of drug-likeness (QED) is 0.743. The van der Waals surface area contributed by atoms with Crippen molar-refractivity contribution >= 4 is 11.9 Å². The zero-order valence-electron chi connectivity index (χ0n) is 12.0. The van der Waals surface area contributed by atoms with Gasteiger partial charge in [0.1, 0.15) is 5.76 Å². The fraction of sp³-hybridized carbons (Fsp3) is 0.571. The van der Waals surface area contributed by atoms with Crippen LogP contribution in [0.15, 0.2) is 22.8 Å². The zero-order chi connectivity index (χ0) is 15.2. The van der Waals surface area contributed by atoms with Crippen molar-refractivity contribution < 1.29 is 19.1 Å². The van der Waals surface area contributed by atoms with E-state index in [1.165, 1.54) is 6.26 Å². The molecule has 2 heterocycles. The third kappa shape index (κ3) is 4.87. The average Bonchev–Trinajstić information content (AvgIpc) is 2.94. The largest absolute Gasteiger partial charge is 0.467 e. The molecule has 1 saturated heterocycles. The van der Waals surface area contributed by atoms with Gasteiger partial charge in [0.15, 0.2) is 0 Å². The van der Waals surface area contributed by atoms with Gasteiger partial charge in [-0.05, 0) is 24.5 Å². The van der Waals surface area contributed by atoms with Gasteiger partial charge in [-0.1, -0.05) is 6.92 Å². The molecule has 7 nitrogen and oxygen atoms in total. The first-order chi connectivity index (χ1) is 10.0. The Morgan fingerprint density at radius 2 is 2.33 bits per heavy atom. The van der Waals surface area contributed by atoms with Crippen LogP contribution in [0, 0.1) is 5.92 Å². The maximum absolute atomic E-state index is 11.8. The van der Waals surface area contributed by atoms with Gasteiger partial charge >= 0.3 is 6.03 Å². The number of hydrogen-bond acceptors (Lipinski definition) is 5. The topological polar surface area (TPSA) is 94.8 Å². The summed E-state index contributed by atoms with van der Waals surface area (Å²) in [6, 6.07) is 2.93. The van der Waals surface area contributed by atoms with E-state index < -0.39 is 6.03 Å². The van der Waals surface area contributed by atoms with Crippen molar-refractivity contribution in [2.45, 2.75) is 26.0 Å². The van der Waals surface area contributed by atoms with Crippen LogP contribution in [0.4, 0.5) is 4.79 Å². The summed E-state index contributed by atoms with van der Waals surface area (Å²) < 4.78 is 5.07. The molecule has 0 radical (unpaired) electrons. The minimum absolute atomic E-state index is 0.138. The number of carbonyl (C=O) groups excluding carboxylic acids is 2. The van der Waals surface area contributed by atoms with Gasteiger partial charge in [0.2, 0.25) is 5.91 Å². The molecule has 2 atom stereocenters. The molecule has 1 aliphatic rings. The first-order valence-corrected chi connectivity index (χ1v) is 7.05. The van der Waals surface area contributed by atoms with Gasteiger partial charge in [0, 0.05) is 13.1 Å². The number of rotatable bonds is 4. The highest BCUT2D eigenvalue weighted by molar-refractivity contribution is 5.95. The summed E-state index contributed by atoms with van der Waals surface area (Å²) in [7, 11) is 0. The molecule has 0 aromatic carbocycles. The molecule has 0 spiro atoms. The molecule has 7 heteroatoms. The lowest BCUT2D eigenvalue weighted by molar-refractivity contribution is -0.122. The Morgan fingerprint density at radius 1 is 1.52 bits per heavy atom. The molecule has 1 fully saturated rings. The maximum atomic E-state index is 11.8. The Bertz CT molecular complexity index is 475. The highest BCUT2D eigenvalue weighted by atomic mass is 16.3. The molecule has 0 aliphatic carbocycles. The second-order valence-corrected chi connectivity index (χ2v) is 5.38. The fourth-order valence-electron chi connectivity index (χ4n) is 2.36. The highest BCUT2D eigenvalue weighted by Gasteiger charge is 2.25. The van der Waals surface area contributed by atoms with Crippen molar-refractivity contribution in [3.05, 3.63) is 24.2 Å². The Hall–Kier alpha value is -1.86. The van der Waals surface area contributed by atoms with Crippen LogP contribution < -0.4 is 10.6 Å². The number of aliphatic hydroxyl groups is 1. The first kappa shape index (κ1) is 15.5. The molecule has 3 N–H and O–H groups in total. The summed E-state index contributed by atoms with van der Waals surface area (Å²) >= 11 is 0. The van der Waals surface area contributed by atoms with Gasteiger partial charge in [-0.15, -0.1) is 0 Å². The smallest absolute Gasteiger partial charge is 0.321 e. The molecule has 1 aromatic heterocycles. The number of amides is 3. The van der Waals surface area contributed by atoms with E-state index in [4.69, 9.17) is 4.42 Å². The summed E-state index contributed by atoms with van der Waals surface area (Å²) in [5.74, 6) is 0.409. The van der Waals surface area contributed by atoms with Crippen LogP contribution in [0.3, 0.4) is 0 Å². The lowest BCUT2D eigenvalue weighted by Gasteiger charge is -2.33. The van der Waals surface area contributed by atoms with Gasteiger partial charge in [0.25, 0.3) is 0 Å². The number of nitrogens with one attached hydrogen (secondary N) is 2. The van der Waals surface area contributed by atoms with E-state index in [0.29, 0.717) is 25.3 Å². The van der Waals surface area contributed by atoms with E-state index in [1.807, 2.05) is 11.8 Å². The number of carbonyl (C=O) groups is 2. The van der Waals surface area contributed by atoms with E-state index in [2.05, 4.69) is 10.6 Å². The number of nitrogens with zero attached hydrogens (tertiary/aromatic N) is 1. The molecular formula is C14H21N3O4. The molecule has 0 bridgehead atoms. The van der Waals surface area contributed by atoms with Crippen LogP contribution in [0.1, 0.15) is 19.1 Å². The van der Waals surface area contributed by atoms with Gasteiger partial charge in [-0.25, -0.2) is 4.79 Å². The number of furan rings is 1. The van der Waals surface area contributed by atoms with E-state index >= 15 is 0 Å². The minimum atomic E-state index is -0.540. The van der Waals surface area contributed by atoms with E-state index in [-0.39, 0.29) is 31.0 Å². The average molecular weight is 295 g/mol. The van der Waals surface area contributed by atoms with Crippen LogP contribution in [0.5, 0.6) is 0 Å². The van der Waals surface area contributed by atoms with Crippen LogP contribution in [0.25, 0.3) is 0 Å². The predicted molar refractivity (Wildman–Crippen MR) is 75.3 cm³/mol. The summed E-state index contributed by atoms with van der Waals surface area (Å²) in [5.41, 5.74) is 0. The summed E-state index contributed by atoms with van der Waals surface area (Å²) in [5, 5.41) is 14.5. The van der Waals surface area contributed by atoms with Gasteiger partial charge in [0.05, 0.1) is 25.5 Å². The molecule has 21 heavy (non-hydrogen) atoms. The number of aliphatic hydroxyl groups excluding tert-OH is 1. The highest BCUT2D eigenvalue weighted by Crippen LogP contribution is 2.15. The van der Waals surface area contributed by atoms with Crippen LogP contribution in [-0.4, -0.2) is 47.7 Å². The molecular weight excluding hydrogens is 274 g/mol. The lowest BCUT2D eigenvalue weighted by Crippen LogP contribution is -2.48. The van der Waals surface area contributed by atoms with E-state index in [9.17, 15) is 14.7 Å². The van der Waals surface area contributed by atoms with Gasteiger partial charge in [-0.3, -0.25) is 15.0 Å². The molecule has 3 amide bonds. The molecule has 2 unspecified atom stereocenters. The van der Waals surface area contributed by atoms with Crippen molar-refractivity contribution in [1.82, 2.24) is 15.5 Å². The van der Waals surface area contributed by atoms with Crippen LogP contribution in [0.2, 0.25) is 0 Å². The Morgan fingerprint density at radius 3 is 3.00 bits per heavy atom. The van der Waals surface area contributed by atoms with Crippen molar-refractivity contribution in [3.8, 4) is 0 Å². The van der Waals surface area contributed by atoms with Crippen LogP contribution in [-0.2, 0) is 11.3 Å². The van der Waals surface area contributed by atoms with Gasteiger partial charge in [-0.2, -0.15) is 0 Å². The Balaban J connectivity index is 1.68. The lowest BCUT2D eigenvalue weighted by atomic mass is 9.97. The standard InChI is InChI=1S/C14H21N3O4/c1-10-8-17(5-4-12(10)18)9-13(19)16-14(20)15-7-11-3-2-6-21-11/h2-3,6,10,12,18H,4-5,7-9H2,1H3,(H2,15,16,19,20). The van der Waals surface area contributed by atoms with Crippen molar-refractivity contribution in [2.75, 3.05) is 19.6 Å². The maximum Gasteiger partial charge on any atom is 0.321 e. The van der Waals surface area contributed by atoms with Crippen molar-refractivity contribution in [1.29, 1.82) is 0 Å². The number of likely N-dealkylation sites (tertiary alicyclic amines) is 1. The number of urea groups is 1. The molecule has 2 rings (SSSR count). The molecule has 1 aliphatic heterocycles. The second kappa shape index (κ2) is 7.24. The third-order valence-corrected chi connectivity index (χ3v) is 3.57. The molecule has 1 aromatic rings. The Kier molecular flexibility index (Phi) is 5.35. The van der Waals surface area contributed by atoms with E-state index in [0.717, 1.165) is 0 Å². The summed E-state index contributed by atoms with van der Waals surface area (Å²) in [4.78, 5) is 25.3. The van der Waals surface area contributed by atoms with Crippen molar-refractivity contribution in [2.24, 2.45) is 5.92 Å². The normalized spacial score (nSPS) is 22.8. The van der Waals surface area contributed by atoms with E-state index in [1.54, 1.807) is 12.1 Å². The number of piperidine rings is 1. The minimum Gasteiger partial charge on any atom is -0.467 e. The first-order valence-electron chi connectivity index (χ1n) is 7.05. The monoisotopic (exact) mass is 295 g/mol. The fourth-order valence-corrected chi connectivity index (χ4v) is 2.36. The summed E-state index contributed by atoms with van der Waals surface area (Å²) in [6.07, 6.45) is 1.87. The second-order valence-electron chi connectivity index (χ2n) is 5.38.